The molecule has 4 nitrogen and oxygen atoms in total. The zero-order valence-corrected chi connectivity index (χ0v) is 13.0. The Bertz CT molecular complexity index is 597. The van der Waals surface area contributed by atoms with E-state index in [0.29, 0.717) is 0 Å². The van der Waals surface area contributed by atoms with Gasteiger partial charge in [-0.05, 0) is 23.0 Å². The van der Waals surface area contributed by atoms with Gasteiger partial charge in [0.05, 0.1) is 18.1 Å². The first kappa shape index (κ1) is 18.2. The quantitative estimate of drug-likeness (QED) is 0.273. The molecule has 0 unspecified atom stereocenters. The topological polar surface area (TPSA) is 55.7 Å². The van der Waals surface area contributed by atoms with Crippen LogP contribution in [0.2, 0.25) is 0 Å². The number of nitrogens with zero attached hydrogens (tertiary/aromatic N) is 1. The molecule has 0 aliphatic rings. The van der Waals surface area contributed by atoms with Crippen LogP contribution in [0.1, 0.15) is 22.8 Å². The van der Waals surface area contributed by atoms with Crippen LogP contribution in [0.3, 0.4) is 0 Å². The molecule has 0 fully saturated rings. The number of hydrogen-bond acceptors (Lipinski definition) is 4. The molecule has 0 amide bonds. The van der Waals surface area contributed by atoms with Crippen LogP contribution in [0.5, 0.6) is 0 Å². The second-order valence-electron chi connectivity index (χ2n) is 4.66. The Labute approximate surface area is 128 Å². The third kappa shape index (κ3) is 5.51. The van der Waals surface area contributed by atoms with Crippen molar-refractivity contribution >= 4 is 28.4 Å². The Morgan fingerprint density at radius 1 is 1.27 bits per heavy atom. The standard InChI is InChI=1S/C14H15F3NO3S/c1-9(19)21-18-12(8-22(2)3)13(20)10-5-4-6-11(7-10)14(15,16)17/h4-7H,8H2,1-3H3/q+1. The van der Waals surface area contributed by atoms with Gasteiger partial charge in [-0.2, -0.15) is 13.2 Å². The molecule has 1 aromatic carbocycles. The third-order valence-electron chi connectivity index (χ3n) is 2.42. The monoisotopic (exact) mass is 334 g/mol. The van der Waals surface area contributed by atoms with Crippen LogP contribution >= 0.6 is 0 Å². The Hall–Kier alpha value is -1.83. The Morgan fingerprint density at radius 3 is 2.41 bits per heavy atom. The fourth-order valence-corrected chi connectivity index (χ4v) is 2.26. The van der Waals surface area contributed by atoms with Crippen molar-refractivity contribution in [3.8, 4) is 0 Å². The highest BCUT2D eigenvalue weighted by Gasteiger charge is 2.31. The summed E-state index contributed by atoms with van der Waals surface area (Å²) in [4.78, 5) is 27.5. The molecule has 0 atom stereocenters. The lowest BCUT2D eigenvalue weighted by Gasteiger charge is -2.08. The predicted molar refractivity (Wildman–Crippen MR) is 79.1 cm³/mol. The predicted octanol–water partition coefficient (Wildman–Crippen LogP) is 2.69. The molecule has 0 bridgehead atoms. The van der Waals surface area contributed by atoms with Gasteiger partial charge in [-0.15, -0.1) is 0 Å². The maximum Gasteiger partial charge on any atom is 0.416 e. The van der Waals surface area contributed by atoms with Crippen molar-refractivity contribution in [2.75, 3.05) is 18.3 Å². The van der Waals surface area contributed by atoms with E-state index in [1.54, 1.807) is 0 Å². The molecule has 8 heteroatoms. The Kier molecular flexibility index (Phi) is 6.16. The van der Waals surface area contributed by atoms with Gasteiger partial charge in [-0.25, -0.2) is 4.79 Å². The maximum atomic E-state index is 12.7. The molecule has 0 saturated carbocycles. The highest BCUT2D eigenvalue weighted by Crippen LogP contribution is 2.29. The summed E-state index contributed by atoms with van der Waals surface area (Å²) in [7, 11) is -0.242. The van der Waals surface area contributed by atoms with Crippen LogP contribution in [-0.2, 0) is 26.7 Å². The molecular weight excluding hydrogens is 319 g/mol. The van der Waals surface area contributed by atoms with Crippen LogP contribution in [0.25, 0.3) is 0 Å². The van der Waals surface area contributed by atoms with Crippen LogP contribution in [0.4, 0.5) is 13.2 Å². The number of Topliss-reactive ketones (excluding diaryl/α,β-unsaturated/α-hetero) is 1. The normalized spacial score (nSPS) is 12.4. The number of rotatable bonds is 5. The van der Waals surface area contributed by atoms with Gasteiger partial charge in [0, 0.05) is 12.5 Å². The lowest BCUT2D eigenvalue weighted by molar-refractivity contribution is -0.141. The minimum absolute atomic E-state index is 0.0807. The van der Waals surface area contributed by atoms with E-state index in [1.165, 1.54) is 6.07 Å². The summed E-state index contributed by atoms with van der Waals surface area (Å²) in [6.07, 6.45) is -0.866. The zero-order chi connectivity index (χ0) is 16.9. The molecule has 1 rings (SSSR count). The second-order valence-corrected chi connectivity index (χ2v) is 6.92. The summed E-state index contributed by atoms with van der Waals surface area (Å²) >= 11 is 0. The fourth-order valence-electron chi connectivity index (χ4n) is 1.53. The minimum atomic E-state index is -4.54. The Balaban J connectivity index is 3.13. The van der Waals surface area contributed by atoms with E-state index in [0.717, 1.165) is 25.1 Å². The molecule has 0 aliphatic heterocycles. The van der Waals surface area contributed by atoms with Gasteiger partial charge in [0.2, 0.25) is 5.78 Å². The number of oxime groups is 1. The first-order valence-corrected chi connectivity index (χ1v) is 8.33. The molecular formula is C14H15F3NO3S+. The molecule has 0 aromatic heterocycles. The van der Waals surface area contributed by atoms with Gasteiger partial charge in [0.25, 0.3) is 0 Å². The number of ketones is 1. The average molecular weight is 334 g/mol. The smallest absolute Gasteiger partial charge is 0.318 e. The maximum absolute atomic E-state index is 12.7. The van der Waals surface area contributed by atoms with Gasteiger partial charge in [0.1, 0.15) is 0 Å². The van der Waals surface area contributed by atoms with E-state index >= 15 is 0 Å². The number of hydrogen-bond donors (Lipinski definition) is 0. The fraction of sp³-hybridized carbons (Fsp3) is 0.357. The lowest BCUT2D eigenvalue weighted by atomic mass is 10.0. The summed E-state index contributed by atoms with van der Waals surface area (Å²) in [5, 5.41) is 3.47. The molecule has 0 heterocycles. The van der Waals surface area contributed by atoms with Crippen molar-refractivity contribution in [3.63, 3.8) is 0 Å². The van der Waals surface area contributed by atoms with Crippen LogP contribution in [-0.4, -0.2) is 35.7 Å². The van der Waals surface area contributed by atoms with Crippen molar-refractivity contribution in [1.82, 2.24) is 0 Å². The zero-order valence-electron chi connectivity index (χ0n) is 12.2. The molecule has 120 valence electrons. The van der Waals surface area contributed by atoms with Gasteiger partial charge in [0.15, 0.2) is 11.5 Å². The van der Waals surface area contributed by atoms with Gasteiger partial charge in [-0.3, -0.25) is 4.79 Å². The summed E-state index contributed by atoms with van der Waals surface area (Å²) in [6.45, 7) is 1.12. The van der Waals surface area contributed by atoms with E-state index < -0.39 is 23.5 Å². The van der Waals surface area contributed by atoms with E-state index in [9.17, 15) is 22.8 Å². The van der Waals surface area contributed by atoms with E-state index in [1.807, 2.05) is 12.5 Å². The lowest BCUT2D eigenvalue weighted by Crippen LogP contribution is -2.24. The van der Waals surface area contributed by atoms with Crippen molar-refractivity contribution in [2.24, 2.45) is 5.16 Å². The third-order valence-corrected chi connectivity index (χ3v) is 3.27. The number of carbonyl (C=O) groups excluding carboxylic acids is 2. The summed E-state index contributed by atoms with van der Waals surface area (Å²) in [6, 6.07) is 4.06. The summed E-state index contributed by atoms with van der Waals surface area (Å²) < 4.78 is 38.1. The minimum Gasteiger partial charge on any atom is -0.318 e. The van der Waals surface area contributed by atoms with Gasteiger partial charge < -0.3 is 4.84 Å². The van der Waals surface area contributed by atoms with E-state index in [-0.39, 0.29) is 27.9 Å². The largest absolute Gasteiger partial charge is 0.416 e. The molecule has 0 spiro atoms. The molecule has 22 heavy (non-hydrogen) atoms. The van der Waals surface area contributed by atoms with Crippen molar-refractivity contribution < 1.29 is 27.6 Å². The van der Waals surface area contributed by atoms with Crippen LogP contribution < -0.4 is 0 Å². The highest BCUT2D eigenvalue weighted by molar-refractivity contribution is 7.96. The van der Waals surface area contributed by atoms with Gasteiger partial charge in [-0.1, -0.05) is 17.3 Å². The molecule has 0 radical (unpaired) electrons. The first-order valence-electron chi connectivity index (χ1n) is 6.12. The number of alkyl halides is 3. The number of carbonyl (C=O) groups is 2. The average Bonchev–Trinajstić information content (AvgIpc) is 2.41. The molecule has 0 N–H and O–H groups in total. The molecule has 0 aliphatic carbocycles. The number of halogens is 3. The van der Waals surface area contributed by atoms with Crippen molar-refractivity contribution in [3.05, 3.63) is 35.4 Å². The van der Waals surface area contributed by atoms with Crippen LogP contribution in [0.15, 0.2) is 29.4 Å². The van der Waals surface area contributed by atoms with E-state index in [2.05, 4.69) is 9.99 Å². The van der Waals surface area contributed by atoms with Crippen LogP contribution in [0, 0.1) is 0 Å². The second kappa shape index (κ2) is 7.44. The van der Waals surface area contributed by atoms with E-state index in [4.69, 9.17) is 0 Å². The molecule has 1 aromatic rings. The van der Waals surface area contributed by atoms with Crippen molar-refractivity contribution in [2.45, 2.75) is 13.1 Å². The molecule has 0 saturated heterocycles. The van der Waals surface area contributed by atoms with Gasteiger partial charge >= 0.3 is 12.1 Å². The highest BCUT2D eigenvalue weighted by atomic mass is 32.2. The Morgan fingerprint density at radius 2 is 1.91 bits per heavy atom. The van der Waals surface area contributed by atoms with Crippen molar-refractivity contribution in [1.29, 1.82) is 0 Å². The summed E-state index contributed by atoms with van der Waals surface area (Å²) in [5.41, 5.74) is -1.15. The SMILES string of the molecule is CC(=O)ON=C(C[S+](C)C)C(=O)c1cccc(C(F)(F)F)c1. The number of benzene rings is 1. The first-order chi connectivity index (χ1) is 10.1. The summed E-state index contributed by atoms with van der Waals surface area (Å²) in [5.74, 6) is -1.18.